The number of hydrazine groups is 1. The molecule has 348 valence electrons. The maximum Gasteiger partial charge on any atom is 0.324 e. The van der Waals surface area contributed by atoms with E-state index in [1.54, 1.807) is 37.4 Å². The summed E-state index contributed by atoms with van der Waals surface area (Å²) in [6.07, 6.45) is 5.83. The predicted molar refractivity (Wildman–Crippen MR) is 249 cm³/mol. The van der Waals surface area contributed by atoms with E-state index in [1.165, 1.54) is 5.01 Å². The number of phenols is 1. The number of carbonyl (C=O) groups is 4. The van der Waals surface area contributed by atoms with Crippen LogP contribution in [0.3, 0.4) is 0 Å². The first kappa shape index (κ1) is 46.2. The van der Waals surface area contributed by atoms with Crippen molar-refractivity contribution in [3.63, 3.8) is 0 Å². The fourth-order valence-corrected chi connectivity index (χ4v) is 10.8. The highest BCUT2D eigenvalue weighted by molar-refractivity contribution is 5.96. The van der Waals surface area contributed by atoms with Gasteiger partial charge in [0.2, 0.25) is 11.8 Å². The number of nitrogens with zero attached hydrogens (tertiary/aromatic N) is 4. The van der Waals surface area contributed by atoms with Gasteiger partial charge in [0.15, 0.2) is 0 Å². The second-order valence-electron chi connectivity index (χ2n) is 20.0. The van der Waals surface area contributed by atoms with Crippen LogP contribution < -0.4 is 16.1 Å². The molecule has 2 aromatic heterocycles. The molecule has 1 aliphatic carbocycles. The van der Waals surface area contributed by atoms with E-state index >= 15 is 0 Å². The molecule has 8 rings (SSSR count). The van der Waals surface area contributed by atoms with Crippen molar-refractivity contribution >= 4 is 34.6 Å². The number of hydrogen-bond donors (Lipinski definition) is 4. The Hall–Kier alpha value is -5.31. The number of nitrogens with one attached hydrogen (secondary N) is 3. The molecule has 2 unspecified atom stereocenters. The molecule has 65 heavy (non-hydrogen) atoms. The number of likely N-dealkylation sites (N-methyl/N-ethyl adjacent to an activating group) is 1. The molecule has 14 heteroatoms. The van der Waals surface area contributed by atoms with Gasteiger partial charge in [-0.3, -0.25) is 29.2 Å². The van der Waals surface area contributed by atoms with Gasteiger partial charge in [-0.2, -0.15) is 0 Å². The molecule has 6 bridgehead atoms. The number of piperidine rings is 1. The van der Waals surface area contributed by atoms with Crippen LogP contribution in [0.25, 0.3) is 33.3 Å². The molecule has 3 amide bonds. The number of fused-ring (bicyclic) bond motifs is 6. The number of pyridine rings is 1. The number of esters is 1. The molecule has 5 heterocycles. The third kappa shape index (κ3) is 9.26. The summed E-state index contributed by atoms with van der Waals surface area (Å²) in [5.74, 6) is -1.70. The average molecular weight is 890 g/mol. The van der Waals surface area contributed by atoms with Crippen LogP contribution >= 0.6 is 0 Å². The largest absolute Gasteiger partial charge is 0.508 e. The van der Waals surface area contributed by atoms with Crippen LogP contribution in [0.4, 0.5) is 0 Å². The van der Waals surface area contributed by atoms with Crippen LogP contribution in [0.15, 0.2) is 54.7 Å². The number of aromatic hydroxyl groups is 1. The highest BCUT2D eigenvalue weighted by Crippen LogP contribution is 2.59. The second-order valence-corrected chi connectivity index (χ2v) is 20.0. The zero-order valence-electron chi connectivity index (χ0n) is 39.3. The highest BCUT2D eigenvalue weighted by atomic mass is 16.5. The minimum absolute atomic E-state index is 0.00779. The molecule has 1 saturated carbocycles. The maximum absolute atomic E-state index is 14.7. The fourth-order valence-electron chi connectivity index (χ4n) is 10.8. The number of aryl methyl sites for hydroxylation is 1. The van der Waals surface area contributed by atoms with Gasteiger partial charge in [-0.1, -0.05) is 39.8 Å². The highest BCUT2D eigenvalue weighted by Gasteiger charge is 2.59. The van der Waals surface area contributed by atoms with Crippen LogP contribution in [-0.4, -0.2) is 107 Å². The number of cyclic esters (lactones) is 1. The normalized spacial score (nSPS) is 22.8. The lowest BCUT2D eigenvalue weighted by molar-refractivity contribution is -0.155. The molecule has 4 aliphatic rings. The number of rotatable bonds is 9. The Morgan fingerprint density at radius 2 is 1.85 bits per heavy atom. The van der Waals surface area contributed by atoms with Gasteiger partial charge >= 0.3 is 5.97 Å². The molecule has 3 fully saturated rings. The topological polar surface area (TPSA) is 167 Å². The molecular formula is C51H67N7O7. The van der Waals surface area contributed by atoms with E-state index in [4.69, 9.17) is 14.5 Å². The van der Waals surface area contributed by atoms with Crippen molar-refractivity contribution in [2.45, 2.75) is 117 Å². The third-order valence-electron chi connectivity index (χ3n) is 14.4. The van der Waals surface area contributed by atoms with Crippen molar-refractivity contribution in [3.05, 3.63) is 71.5 Å². The molecule has 2 saturated heterocycles. The van der Waals surface area contributed by atoms with E-state index in [-0.39, 0.29) is 48.0 Å². The summed E-state index contributed by atoms with van der Waals surface area (Å²) in [6, 6.07) is 12.9. The standard InChI is InChI=1S/C51H67N7O7/c1-9-57-42-15-14-33-26-37(42)38(45(57)36-12-10-18-53-43(36)31(4)64-8)27-50(5,6)29-65-49(63)40-13-11-21-58(55-40)48(62)41(24-32-22-34(33)25-35(59)23-32)54-46(60)44(30(2)3)56(7)47(61)39-28-51(39)16-19-52-20-17-51/h10,12,14-15,18,22-23,25-26,30-31,39-41,44,52,55,59H,9,11,13,16-17,19-21,24,27-29H2,1-8H3,(H,54,60)/t31-,39?,40-,41-,44?/m0/s1. The minimum atomic E-state index is -1.10. The van der Waals surface area contributed by atoms with Crippen molar-refractivity contribution in [2.75, 3.05) is 40.4 Å². The smallest absolute Gasteiger partial charge is 0.324 e. The van der Waals surface area contributed by atoms with E-state index in [1.807, 2.05) is 39.0 Å². The van der Waals surface area contributed by atoms with Crippen LogP contribution in [0.1, 0.15) is 96.6 Å². The van der Waals surface area contributed by atoms with Gasteiger partial charge in [-0.05, 0) is 135 Å². The lowest BCUT2D eigenvalue weighted by atomic mass is 9.84. The number of carbonyl (C=O) groups excluding carboxylic acids is 4. The Morgan fingerprint density at radius 3 is 2.57 bits per heavy atom. The maximum atomic E-state index is 14.7. The number of ether oxygens (including phenoxy) is 2. The Kier molecular flexibility index (Phi) is 13.2. The summed E-state index contributed by atoms with van der Waals surface area (Å²) < 4.78 is 14.2. The zero-order chi connectivity index (χ0) is 46.4. The van der Waals surface area contributed by atoms with Crippen LogP contribution in [0.2, 0.25) is 0 Å². The van der Waals surface area contributed by atoms with E-state index in [0.29, 0.717) is 37.9 Å². The first-order valence-electron chi connectivity index (χ1n) is 23.5. The summed E-state index contributed by atoms with van der Waals surface area (Å²) in [5.41, 5.74) is 9.77. The molecule has 0 radical (unpaired) electrons. The van der Waals surface area contributed by atoms with Crippen molar-refractivity contribution in [3.8, 4) is 28.1 Å². The number of hydrogen-bond acceptors (Lipinski definition) is 10. The van der Waals surface area contributed by atoms with E-state index in [0.717, 1.165) is 76.9 Å². The summed E-state index contributed by atoms with van der Waals surface area (Å²) in [4.78, 5) is 63.6. The second kappa shape index (κ2) is 18.5. The number of benzene rings is 2. The first-order valence-corrected chi connectivity index (χ1v) is 23.5. The molecule has 3 aliphatic heterocycles. The van der Waals surface area contributed by atoms with Gasteiger partial charge in [-0.25, -0.2) is 5.43 Å². The van der Waals surface area contributed by atoms with Crippen molar-refractivity contribution in [1.29, 1.82) is 0 Å². The summed E-state index contributed by atoms with van der Waals surface area (Å²) in [5, 5.41) is 20.2. The number of methoxy groups -OCH3 is 1. The minimum Gasteiger partial charge on any atom is -0.508 e. The Labute approximate surface area is 382 Å². The molecule has 4 N–H and O–H groups in total. The Bertz CT molecular complexity index is 2460. The van der Waals surface area contributed by atoms with Crippen molar-refractivity contribution < 1.29 is 33.8 Å². The predicted octanol–water partition coefficient (Wildman–Crippen LogP) is 6.32. The first-order chi connectivity index (χ1) is 31.0. The van der Waals surface area contributed by atoms with Crippen molar-refractivity contribution in [2.24, 2.45) is 22.7 Å². The van der Waals surface area contributed by atoms with Gasteiger partial charge in [-0.15, -0.1) is 0 Å². The van der Waals surface area contributed by atoms with Gasteiger partial charge in [0.1, 0.15) is 23.9 Å². The number of aromatic nitrogens is 2. The van der Waals surface area contributed by atoms with E-state index < -0.39 is 41.3 Å². The molecule has 2 aromatic carbocycles. The Balaban J connectivity index is 1.20. The number of amides is 3. The van der Waals surface area contributed by atoms with Crippen LogP contribution in [0, 0.1) is 22.7 Å². The summed E-state index contributed by atoms with van der Waals surface area (Å²) in [6.45, 7) is 15.0. The third-order valence-corrected chi connectivity index (χ3v) is 14.4. The SMILES string of the molecule is CCn1c(-c2cccnc2[C@H](C)OC)c2c3cc(ccc31)-c1cc(O)cc(c1)C[C@H](NC(=O)C(C(C)C)N(C)C(=O)C1CC13CCNCC3)C(=O)N1CCC[C@H](N1)C(=O)OCC(C)(C)C2. The lowest BCUT2D eigenvalue weighted by Crippen LogP contribution is -2.62. The van der Waals surface area contributed by atoms with E-state index in [2.05, 4.69) is 59.6 Å². The monoisotopic (exact) mass is 890 g/mol. The van der Waals surface area contributed by atoms with Crippen LogP contribution in [0.5, 0.6) is 5.75 Å². The van der Waals surface area contributed by atoms with Gasteiger partial charge in [0.25, 0.3) is 5.91 Å². The summed E-state index contributed by atoms with van der Waals surface area (Å²) >= 11 is 0. The van der Waals surface area contributed by atoms with Gasteiger partial charge in [0.05, 0.1) is 24.1 Å². The summed E-state index contributed by atoms with van der Waals surface area (Å²) in [7, 11) is 3.38. The lowest BCUT2D eigenvalue weighted by Gasteiger charge is -2.37. The molecule has 5 atom stereocenters. The van der Waals surface area contributed by atoms with Gasteiger partial charge in [0, 0.05) is 67.7 Å². The molecule has 1 spiro atoms. The van der Waals surface area contributed by atoms with Crippen molar-refractivity contribution in [1.82, 2.24) is 35.5 Å². The molecule has 4 aromatic rings. The molecule has 14 nitrogen and oxygen atoms in total. The number of phenolic OH excluding ortho intramolecular Hbond substituents is 1. The van der Waals surface area contributed by atoms with Crippen LogP contribution in [-0.2, 0) is 48.0 Å². The Morgan fingerprint density at radius 1 is 1.08 bits per heavy atom. The molecular weight excluding hydrogens is 823 g/mol. The quantitative estimate of drug-likeness (QED) is 0.140. The fraction of sp³-hybridized carbons (Fsp3) is 0.549. The van der Waals surface area contributed by atoms with Gasteiger partial charge < -0.3 is 34.7 Å². The average Bonchev–Trinajstić information content (AvgIpc) is 3.89. The zero-order valence-corrected chi connectivity index (χ0v) is 39.3. The van der Waals surface area contributed by atoms with E-state index in [9.17, 15) is 24.3 Å².